The predicted octanol–water partition coefficient (Wildman–Crippen LogP) is 5.55. The highest BCUT2D eigenvalue weighted by molar-refractivity contribution is 6.03. The van der Waals surface area contributed by atoms with Crippen molar-refractivity contribution in [2.45, 2.75) is 47.1 Å². The lowest BCUT2D eigenvalue weighted by Gasteiger charge is -2.12. The maximum absolute atomic E-state index is 12.7. The second kappa shape index (κ2) is 8.30. The van der Waals surface area contributed by atoms with Gasteiger partial charge in [-0.1, -0.05) is 49.3 Å². The Balaban J connectivity index is 1.75. The van der Waals surface area contributed by atoms with Gasteiger partial charge in [-0.05, 0) is 55.5 Å². The van der Waals surface area contributed by atoms with Gasteiger partial charge in [0.05, 0.1) is 5.56 Å². The number of carbonyl (C=O) groups excluding carboxylic acids is 1. The Labute approximate surface area is 165 Å². The van der Waals surface area contributed by atoms with Crippen molar-refractivity contribution in [1.82, 2.24) is 5.16 Å². The SMILES string of the molecule is Cc1cccc(C)c1OCc1c(C(=O)Nc2ccc(C(C)C)cc2)noc1C. The highest BCUT2D eigenvalue weighted by Crippen LogP contribution is 2.25. The number of aryl methyl sites for hydroxylation is 3. The van der Waals surface area contributed by atoms with E-state index < -0.39 is 0 Å². The molecule has 5 nitrogen and oxygen atoms in total. The third-order valence-electron chi connectivity index (χ3n) is 4.80. The molecule has 5 heteroatoms. The summed E-state index contributed by atoms with van der Waals surface area (Å²) in [6.07, 6.45) is 0. The van der Waals surface area contributed by atoms with E-state index in [4.69, 9.17) is 9.26 Å². The molecule has 28 heavy (non-hydrogen) atoms. The summed E-state index contributed by atoms with van der Waals surface area (Å²) in [5.41, 5.74) is 4.93. The highest BCUT2D eigenvalue weighted by atomic mass is 16.5. The highest BCUT2D eigenvalue weighted by Gasteiger charge is 2.21. The van der Waals surface area contributed by atoms with Crippen LogP contribution in [0.25, 0.3) is 0 Å². The van der Waals surface area contributed by atoms with Crippen molar-refractivity contribution in [3.05, 3.63) is 76.2 Å². The molecule has 0 spiro atoms. The summed E-state index contributed by atoms with van der Waals surface area (Å²) in [7, 11) is 0. The van der Waals surface area contributed by atoms with E-state index in [1.807, 2.05) is 56.3 Å². The maximum atomic E-state index is 12.7. The molecule has 0 saturated carbocycles. The number of hydrogen-bond acceptors (Lipinski definition) is 4. The van der Waals surface area contributed by atoms with Crippen LogP contribution in [0.4, 0.5) is 5.69 Å². The van der Waals surface area contributed by atoms with Crippen LogP contribution in [0, 0.1) is 20.8 Å². The van der Waals surface area contributed by atoms with E-state index in [0.29, 0.717) is 17.2 Å². The molecular formula is C23H26N2O3. The molecule has 1 heterocycles. The van der Waals surface area contributed by atoms with Gasteiger partial charge < -0.3 is 14.6 Å². The summed E-state index contributed by atoms with van der Waals surface area (Å²) < 4.78 is 11.3. The number of ether oxygens (including phenoxy) is 1. The second-order valence-corrected chi connectivity index (χ2v) is 7.31. The summed E-state index contributed by atoms with van der Waals surface area (Å²) in [5, 5.41) is 6.83. The van der Waals surface area contributed by atoms with Gasteiger partial charge in [0.25, 0.3) is 5.91 Å². The van der Waals surface area contributed by atoms with Crippen molar-refractivity contribution in [3.8, 4) is 5.75 Å². The van der Waals surface area contributed by atoms with Gasteiger partial charge in [-0.3, -0.25) is 4.79 Å². The molecule has 0 aliphatic heterocycles. The van der Waals surface area contributed by atoms with Crippen LogP contribution in [0.3, 0.4) is 0 Å². The molecule has 0 fully saturated rings. The van der Waals surface area contributed by atoms with E-state index in [1.165, 1.54) is 5.56 Å². The minimum atomic E-state index is -0.311. The van der Waals surface area contributed by atoms with E-state index in [2.05, 4.69) is 24.3 Å². The fourth-order valence-electron chi connectivity index (χ4n) is 3.05. The normalized spacial score (nSPS) is 10.9. The van der Waals surface area contributed by atoms with Crippen LogP contribution >= 0.6 is 0 Å². The van der Waals surface area contributed by atoms with E-state index >= 15 is 0 Å². The van der Waals surface area contributed by atoms with Crippen molar-refractivity contribution in [3.63, 3.8) is 0 Å². The molecule has 0 unspecified atom stereocenters. The molecule has 0 aliphatic carbocycles. The van der Waals surface area contributed by atoms with E-state index in [0.717, 1.165) is 22.6 Å². The van der Waals surface area contributed by atoms with Crippen LogP contribution < -0.4 is 10.1 Å². The molecule has 0 atom stereocenters. The van der Waals surface area contributed by atoms with E-state index in [9.17, 15) is 4.79 Å². The number of para-hydroxylation sites is 1. The maximum Gasteiger partial charge on any atom is 0.278 e. The van der Waals surface area contributed by atoms with Crippen molar-refractivity contribution in [1.29, 1.82) is 0 Å². The first kappa shape index (κ1) is 19.7. The van der Waals surface area contributed by atoms with Crippen LogP contribution in [0.5, 0.6) is 5.75 Å². The zero-order valence-corrected chi connectivity index (χ0v) is 17.0. The molecule has 2 aromatic carbocycles. The molecule has 1 N–H and O–H groups in total. The average Bonchev–Trinajstić information content (AvgIpc) is 3.02. The van der Waals surface area contributed by atoms with Crippen LogP contribution in [0.1, 0.15) is 58.3 Å². The first-order valence-corrected chi connectivity index (χ1v) is 9.42. The number of aromatic nitrogens is 1. The Morgan fingerprint density at radius 3 is 2.32 bits per heavy atom. The standard InChI is InChI=1S/C23H26N2O3/c1-14(2)18-9-11-19(12-10-18)24-23(26)21-20(17(5)28-25-21)13-27-22-15(3)7-6-8-16(22)4/h6-12,14H,13H2,1-5H3,(H,24,26). The first-order valence-electron chi connectivity index (χ1n) is 9.42. The number of carbonyl (C=O) groups is 1. The summed E-state index contributed by atoms with van der Waals surface area (Å²) >= 11 is 0. The third-order valence-corrected chi connectivity index (χ3v) is 4.80. The monoisotopic (exact) mass is 378 g/mol. The third kappa shape index (κ3) is 4.25. The van der Waals surface area contributed by atoms with Gasteiger partial charge in [0.1, 0.15) is 18.1 Å². The Kier molecular flexibility index (Phi) is 5.83. The minimum absolute atomic E-state index is 0.218. The van der Waals surface area contributed by atoms with Crippen molar-refractivity contribution in [2.75, 3.05) is 5.32 Å². The molecule has 3 aromatic rings. The number of anilines is 1. The first-order chi connectivity index (χ1) is 13.4. The second-order valence-electron chi connectivity index (χ2n) is 7.31. The fourth-order valence-corrected chi connectivity index (χ4v) is 3.05. The smallest absolute Gasteiger partial charge is 0.278 e. The lowest BCUT2D eigenvalue weighted by molar-refractivity contribution is 0.101. The Morgan fingerprint density at radius 1 is 1.07 bits per heavy atom. The number of rotatable bonds is 6. The van der Waals surface area contributed by atoms with Crippen LogP contribution in [-0.2, 0) is 6.61 Å². The predicted molar refractivity (Wildman–Crippen MR) is 110 cm³/mol. The number of benzene rings is 2. The Bertz CT molecular complexity index is 952. The van der Waals surface area contributed by atoms with Crippen LogP contribution in [-0.4, -0.2) is 11.1 Å². The molecular weight excluding hydrogens is 352 g/mol. The fraction of sp³-hybridized carbons (Fsp3) is 0.304. The summed E-state index contributed by atoms with van der Waals surface area (Å²) in [5.74, 6) is 1.52. The lowest BCUT2D eigenvalue weighted by atomic mass is 10.0. The molecule has 0 aliphatic rings. The lowest BCUT2D eigenvalue weighted by Crippen LogP contribution is -2.15. The topological polar surface area (TPSA) is 64.4 Å². The largest absolute Gasteiger partial charge is 0.488 e. The molecule has 0 bridgehead atoms. The van der Waals surface area contributed by atoms with Gasteiger partial charge in [-0.15, -0.1) is 0 Å². The van der Waals surface area contributed by atoms with Crippen LogP contribution in [0.15, 0.2) is 47.0 Å². The van der Waals surface area contributed by atoms with Gasteiger partial charge in [0.2, 0.25) is 0 Å². The van der Waals surface area contributed by atoms with Gasteiger partial charge in [0, 0.05) is 5.69 Å². The van der Waals surface area contributed by atoms with Crippen molar-refractivity contribution < 1.29 is 14.1 Å². The van der Waals surface area contributed by atoms with Gasteiger partial charge in [-0.25, -0.2) is 0 Å². The molecule has 0 saturated heterocycles. The summed E-state index contributed by atoms with van der Waals surface area (Å²) in [4.78, 5) is 12.7. The number of nitrogens with zero attached hydrogens (tertiary/aromatic N) is 1. The van der Waals surface area contributed by atoms with Gasteiger partial charge in [-0.2, -0.15) is 0 Å². The molecule has 0 radical (unpaired) electrons. The zero-order chi connectivity index (χ0) is 20.3. The average molecular weight is 378 g/mol. The summed E-state index contributed by atoms with van der Waals surface area (Å²) in [6.45, 7) is 10.3. The number of amides is 1. The summed E-state index contributed by atoms with van der Waals surface area (Å²) in [6, 6.07) is 13.8. The van der Waals surface area contributed by atoms with Gasteiger partial charge >= 0.3 is 0 Å². The van der Waals surface area contributed by atoms with E-state index in [1.54, 1.807) is 6.92 Å². The molecule has 146 valence electrons. The molecule has 3 rings (SSSR count). The quantitative estimate of drug-likeness (QED) is 0.610. The minimum Gasteiger partial charge on any atom is -0.488 e. The van der Waals surface area contributed by atoms with Crippen molar-refractivity contribution >= 4 is 11.6 Å². The molecule has 1 aromatic heterocycles. The van der Waals surface area contributed by atoms with Crippen molar-refractivity contribution in [2.24, 2.45) is 0 Å². The Morgan fingerprint density at radius 2 is 1.71 bits per heavy atom. The molecule has 1 amide bonds. The number of nitrogens with one attached hydrogen (secondary N) is 1. The van der Waals surface area contributed by atoms with Crippen LogP contribution in [0.2, 0.25) is 0 Å². The Hall–Kier alpha value is -3.08. The number of hydrogen-bond donors (Lipinski definition) is 1. The van der Waals surface area contributed by atoms with E-state index in [-0.39, 0.29) is 18.2 Å². The van der Waals surface area contributed by atoms with Gasteiger partial charge in [0.15, 0.2) is 5.69 Å². The zero-order valence-electron chi connectivity index (χ0n) is 17.0.